The van der Waals surface area contributed by atoms with Crippen LogP contribution in [0.1, 0.15) is 31.4 Å². The molecule has 1 aromatic carbocycles. The predicted octanol–water partition coefficient (Wildman–Crippen LogP) is 2.62. The first-order valence-corrected chi connectivity index (χ1v) is 5.57. The molecule has 1 saturated carbocycles. The maximum atomic E-state index is 13.1. The molecule has 80 valence electrons. The third kappa shape index (κ3) is 1.61. The van der Waals surface area contributed by atoms with Crippen LogP contribution in [0, 0.1) is 11.7 Å². The van der Waals surface area contributed by atoms with E-state index in [-0.39, 0.29) is 11.9 Å². The average Bonchev–Trinajstić information content (AvgIpc) is 2.95. The number of nitrogens with zero attached hydrogens (tertiary/aromatic N) is 1. The Hall–Kier alpha value is -1.09. The summed E-state index contributed by atoms with van der Waals surface area (Å²) in [5.74, 6) is 0.691. The van der Waals surface area contributed by atoms with Gasteiger partial charge in [-0.2, -0.15) is 0 Å². The summed E-state index contributed by atoms with van der Waals surface area (Å²) in [6.07, 6.45) is 2.67. The number of hydrazine groups is 1. The Kier molecular flexibility index (Phi) is 1.96. The van der Waals surface area contributed by atoms with Crippen LogP contribution < -0.4 is 10.4 Å². The third-order valence-corrected chi connectivity index (χ3v) is 3.23. The fourth-order valence-electron chi connectivity index (χ4n) is 2.20. The molecule has 1 unspecified atom stereocenters. The first-order chi connectivity index (χ1) is 7.24. The summed E-state index contributed by atoms with van der Waals surface area (Å²) < 4.78 is 13.1. The lowest BCUT2D eigenvalue weighted by Gasteiger charge is -2.19. The van der Waals surface area contributed by atoms with Gasteiger partial charge >= 0.3 is 0 Å². The van der Waals surface area contributed by atoms with Crippen molar-refractivity contribution in [2.75, 3.05) is 11.6 Å². The molecular weight excluding hydrogens is 191 g/mol. The fourth-order valence-corrected chi connectivity index (χ4v) is 2.20. The van der Waals surface area contributed by atoms with E-state index in [0.29, 0.717) is 0 Å². The van der Waals surface area contributed by atoms with Crippen LogP contribution in [0.25, 0.3) is 0 Å². The Morgan fingerprint density at radius 2 is 2.27 bits per heavy atom. The van der Waals surface area contributed by atoms with Gasteiger partial charge in [-0.1, -0.05) is 0 Å². The number of rotatable bonds is 2. The molecule has 2 aliphatic rings. The molecule has 1 aromatic rings. The van der Waals surface area contributed by atoms with Crippen LogP contribution in [-0.4, -0.2) is 6.54 Å². The Balaban J connectivity index is 1.90. The van der Waals surface area contributed by atoms with Crippen molar-refractivity contribution in [3.05, 3.63) is 29.6 Å². The van der Waals surface area contributed by atoms with Gasteiger partial charge in [0.25, 0.3) is 0 Å². The molecule has 0 bridgehead atoms. The largest absolute Gasteiger partial charge is 0.307 e. The highest BCUT2D eigenvalue weighted by Gasteiger charge is 2.30. The number of hydrogen-bond donors (Lipinski definition) is 1. The van der Waals surface area contributed by atoms with E-state index in [0.717, 1.165) is 23.7 Å². The molecule has 3 heteroatoms. The van der Waals surface area contributed by atoms with Crippen molar-refractivity contribution < 1.29 is 4.39 Å². The lowest BCUT2D eigenvalue weighted by atomic mass is 10.1. The SMILES string of the molecule is CC1NN(CC2CC2)c2ccc(F)cc21. The van der Waals surface area contributed by atoms with Crippen molar-refractivity contribution in [2.24, 2.45) is 5.92 Å². The van der Waals surface area contributed by atoms with E-state index in [4.69, 9.17) is 0 Å². The quantitative estimate of drug-likeness (QED) is 0.800. The van der Waals surface area contributed by atoms with Gasteiger partial charge in [0.1, 0.15) is 5.82 Å². The molecular formula is C12H15FN2. The van der Waals surface area contributed by atoms with Gasteiger partial charge in [0.2, 0.25) is 0 Å². The van der Waals surface area contributed by atoms with E-state index < -0.39 is 0 Å². The molecule has 3 rings (SSSR count). The summed E-state index contributed by atoms with van der Waals surface area (Å²) in [4.78, 5) is 0. The van der Waals surface area contributed by atoms with Crippen LogP contribution in [0.2, 0.25) is 0 Å². The standard InChI is InChI=1S/C12H15FN2/c1-8-11-6-10(13)4-5-12(11)15(14-8)7-9-2-3-9/h4-6,8-9,14H,2-3,7H2,1H3. The van der Waals surface area contributed by atoms with Crippen molar-refractivity contribution in [3.8, 4) is 0 Å². The van der Waals surface area contributed by atoms with Gasteiger partial charge in [-0.25, -0.2) is 9.82 Å². The van der Waals surface area contributed by atoms with E-state index in [9.17, 15) is 4.39 Å². The second-order valence-corrected chi connectivity index (χ2v) is 4.61. The maximum absolute atomic E-state index is 13.1. The summed E-state index contributed by atoms with van der Waals surface area (Å²) in [6.45, 7) is 3.13. The van der Waals surface area contributed by atoms with E-state index in [2.05, 4.69) is 17.4 Å². The Bertz CT molecular complexity index is 387. The van der Waals surface area contributed by atoms with Gasteiger partial charge in [0, 0.05) is 6.54 Å². The zero-order chi connectivity index (χ0) is 10.4. The van der Waals surface area contributed by atoms with Crippen molar-refractivity contribution in [1.29, 1.82) is 0 Å². The molecule has 1 aliphatic carbocycles. The van der Waals surface area contributed by atoms with Gasteiger partial charge in [-0.05, 0) is 49.4 Å². The summed E-state index contributed by atoms with van der Waals surface area (Å²) in [6, 6.07) is 5.29. The highest BCUT2D eigenvalue weighted by Crippen LogP contribution is 2.37. The summed E-state index contributed by atoms with van der Waals surface area (Å²) >= 11 is 0. The van der Waals surface area contributed by atoms with Gasteiger partial charge < -0.3 is 5.01 Å². The molecule has 1 atom stereocenters. The number of fused-ring (bicyclic) bond motifs is 1. The average molecular weight is 206 g/mol. The van der Waals surface area contributed by atoms with Crippen molar-refractivity contribution >= 4 is 5.69 Å². The molecule has 15 heavy (non-hydrogen) atoms. The van der Waals surface area contributed by atoms with E-state index in [1.54, 1.807) is 12.1 Å². The van der Waals surface area contributed by atoms with E-state index in [1.807, 2.05) is 6.07 Å². The topological polar surface area (TPSA) is 15.3 Å². The molecule has 2 nitrogen and oxygen atoms in total. The molecule has 1 N–H and O–H groups in total. The lowest BCUT2D eigenvalue weighted by molar-refractivity contribution is 0.562. The Morgan fingerprint density at radius 3 is 3.00 bits per heavy atom. The zero-order valence-electron chi connectivity index (χ0n) is 8.83. The highest BCUT2D eigenvalue weighted by molar-refractivity contribution is 5.58. The maximum Gasteiger partial charge on any atom is 0.123 e. The van der Waals surface area contributed by atoms with Gasteiger partial charge in [0.05, 0.1) is 11.7 Å². The minimum absolute atomic E-state index is 0.143. The minimum Gasteiger partial charge on any atom is -0.307 e. The number of halogens is 1. The number of benzene rings is 1. The Labute approximate surface area is 89.1 Å². The van der Waals surface area contributed by atoms with E-state index >= 15 is 0 Å². The zero-order valence-corrected chi connectivity index (χ0v) is 8.83. The Morgan fingerprint density at radius 1 is 1.47 bits per heavy atom. The fraction of sp³-hybridized carbons (Fsp3) is 0.500. The lowest BCUT2D eigenvalue weighted by Crippen LogP contribution is -2.35. The minimum atomic E-state index is -0.143. The molecule has 0 spiro atoms. The van der Waals surface area contributed by atoms with Crippen molar-refractivity contribution in [1.82, 2.24) is 5.43 Å². The van der Waals surface area contributed by atoms with Gasteiger partial charge in [0.15, 0.2) is 0 Å². The van der Waals surface area contributed by atoms with Crippen LogP contribution in [0.4, 0.5) is 10.1 Å². The predicted molar refractivity (Wildman–Crippen MR) is 58.0 cm³/mol. The summed E-state index contributed by atoms with van der Waals surface area (Å²) in [5, 5.41) is 2.18. The van der Waals surface area contributed by atoms with Crippen LogP contribution in [0.5, 0.6) is 0 Å². The van der Waals surface area contributed by atoms with Crippen molar-refractivity contribution in [2.45, 2.75) is 25.8 Å². The molecule has 1 heterocycles. The van der Waals surface area contributed by atoms with E-state index in [1.165, 1.54) is 12.8 Å². The van der Waals surface area contributed by atoms with Crippen molar-refractivity contribution in [3.63, 3.8) is 0 Å². The monoisotopic (exact) mass is 206 g/mol. The van der Waals surface area contributed by atoms with Crippen LogP contribution in [0.3, 0.4) is 0 Å². The second-order valence-electron chi connectivity index (χ2n) is 4.61. The highest BCUT2D eigenvalue weighted by atomic mass is 19.1. The van der Waals surface area contributed by atoms with Gasteiger partial charge in [-0.3, -0.25) is 0 Å². The molecule has 0 radical (unpaired) electrons. The molecule has 1 aliphatic heterocycles. The molecule has 0 saturated heterocycles. The second kappa shape index (κ2) is 3.20. The molecule has 0 amide bonds. The first-order valence-electron chi connectivity index (χ1n) is 5.57. The smallest absolute Gasteiger partial charge is 0.123 e. The normalized spacial score (nSPS) is 24.4. The van der Waals surface area contributed by atoms with Crippen LogP contribution >= 0.6 is 0 Å². The molecule has 1 fully saturated rings. The summed E-state index contributed by atoms with van der Waals surface area (Å²) in [7, 11) is 0. The number of nitrogens with one attached hydrogen (secondary N) is 1. The number of hydrogen-bond acceptors (Lipinski definition) is 2. The third-order valence-electron chi connectivity index (χ3n) is 3.23. The first kappa shape index (κ1) is 9.16. The summed E-state index contributed by atoms with van der Waals surface area (Å²) in [5.41, 5.74) is 5.61. The van der Waals surface area contributed by atoms with Crippen LogP contribution in [0.15, 0.2) is 18.2 Å². The number of anilines is 1. The van der Waals surface area contributed by atoms with Crippen LogP contribution in [-0.2, 0) is 0 Å². The molecule has 0 aromatic heterocycles. The van der Waals surface area contributed by atoms with Gasteiger partial charge in [-0.15, -0.1) is 0 Å².